The summed E-state index contributed by atoms with van der Waals surface area (Å²) in [5, 5.41) is 9.85. The minimum atomic E-state index is -4.96. The summed E-state index contributed by atoms with van der Waals surface area (Å²) in [4.78, 5) is 16.3. The van der Waals surface area contributed by atoms with E-state index in [-0.39, 0.29) is 60.3 Å². The number of aliphatic carboxylic acids is 1. The maximum absolute atomic E-state index is 15.8. The van der Waals surface area contributed by atoms with Crippen molar-refractivity contribution in [1.82, 2.24) is 0 Å². The number of fused-ring (bicyclic) bond motifs is 1. The molecule has 3 fully saturated rings. The Hall–Kier alpha value is -3.70. The molecule has 0 spiro atoms. The molecule has 2 aliphatic heterocycles. The lowest BCUT2D eigenvalue weighted by Gasteiger charge is -2.40. The van der Waals surface area contributed by atoms with E-state index in [0.29, 0.717) is 31.3 Å². The number of halogens is 7. The van der Waals surface area contributed by atoms with E-state index >= 15 is 4.39 Å². The molecule has 12 heteroatoms. The highest BCUT2D eigenvalue weighted by Crippen LogP contribution is 2.55. The van der Waals surface area contributed by atoms with E-state index in [0.717, 1.165) is 18.2 Å². The summed E-state index contributed by atoms with van der Waals surface area (Å²) in [5.41, 5.74) is -1.91. The molecule has 4 aliphatic rings. The van der Waals surface area contributed by atoms with Gasteiger partial charge in [0.25, 0.3) is 0 Å². The Morgan fingerprint density at radius 3 is 2.08 bits per heavy atom. The van der Waals surface area contributed by atoms with Crippen LogP contribution in [0.1, 0.15) is 42.4 Å². The zero-order valence-corrected chi connectivity index (χ0v) is 21.0. The van der Waals surface area contributed by atoms with Crippen LogP contribution < -0.4 is 14.7 Å². The van der Waals surface area contributed by atoms with Crippen LogP contribution in [0.15, 0.2) is 47.7 Å². The lowest BCUT2D eigenvalue weighted by Crippen LogP contribution is -2.47. The molecule has 1 saturated heterocycles. The second-order valence-corrected chi connectivity index (χ2v) is 10.5. The van der Waals surface area contributed by atoms with Gasteiger partial charge < -0.3 is 19.8 Å². The molecule has 2 aromatic carbocycles. The van der Waals surface area contributed by atoms with Crippen LogP contribution in [0.4, 0.5) is 47.8 Å². The van der Waals surface area contributed by atoms with E-state index in [1.54, 1.807) is 4.90 Å². The van der Waals surface area contributed by atoms with E-state index in [4.69, 9.17) is 0 Å². The first-order valence-electron chi connectivity index (χ1n) is 12.9. The number of allylic oxidation sites excluding steroid dienone is 1. The molecule has 212 valence electrons. The maximum Gasteiger partial charge on any atom is 0.420 e. The molecule has 2 aromatic rings. The smallest absolute Gasteiger partial charge is 0.420 e. The molecule has 0 atom stereocenters. The number of hydrogen-bond acceptors (Lipinski definition) is 4. The Bertz CT molecular complexity index is 1440. The van der Waals surface area contributed by atoms with Gasteiger partial charge in [-0.05, 0) is 55.5 Å². The lowest BCUT2D eigenvalue weighted by molar-refractivity contribution is -0.138. The Balaban J connectivity index is 1.41. The van der Waals surface area contributed by atoms with Crippen molar-refractivity contribution in [2.45, 2.75) is 44.1 Å². The fourth-order valence-corrected chi connectivity index (χ4v) is 5.64. The summed E-state index contributed by atoms with van der Waals surface area (Å²) < 4.78 is 99.8. The van der Waals surface area contributed by atoms with Crippen LogP contribution in [0.5, 0.6) is 0 Å². The normalized spacial score (nSPS) is 19.6. The third-order valence-corrected chi connectivity index (χ3v) is 7.73. The molecule has 5 nitrogen and oxygen atoms in total. The Morgan fingerprint density at radius 1 is 0.875 bits per heavy atom. The van der Waals surface area contributed by atoms with Gasteiger partial charge in [-0.3, -0.25) is 0 Å². The fourth-order valence-electron chi connectivity index (χ4n) is 5.64. The van der Waals surface area contributed by atoms with Crippen LogP contribution in [-0.4, -0.2) is 43.3 Å². The summed E-state index contributed by atoms with van der Waals surface area (Å²) in [5.74, 6) is -2.39. The summed E-state index contributed by atoms with van der Waals surface area (Å²) in [6.45, 7) is 0.0604. The molecular formula is C28H24F7N3O2. The summed E-state index contributed by atoms with van der Waals surface area (Å²) >= 11 is 0. The SMILES string of the molecule is O=C(O)C1=CN(C2CC2)c2c(cc(F)c(N3CCN(c4cccc(C(F)(F)F)c4)CC3)c2C(F)(F)F)C1=C1CC1. The quantitative estimate of drug-likeness (QED) is 0.418. The molecule has 0 amide bonds. The van der Waals surface area contributed by atoms with Crippen molar-refractivity contribution in [2.75, 3.05) is 40.9 Å². The molecule has 2 saturated carbocycles. The number of nitrogens with zero attached hydrogens (tertiary/aromatic N) is 3. The van der Waals surface area contributed by atoms with Crippen LogP contribution >= 0.6 is 0 Å². The highest BCUT2D eigenvalue weighted by molar-refractivity contribution is 6.11. The van der Waals surface area contributed by atoms with Gasteiger partial charge in [0.05, 0.1) is 22.5 Å². The first kappa shape index (κ1) is 26.5. The second kappa shape index (κ2) is 9.17. The van der Waals surface area contributed by atoms with Gasteiger partial charge in [-0.25, -0.2) is 9.18 Å². The van der Waals surface area contributed by atoms with Gasteiger partial charge in [0, 0.05) is 49.7 Å². The van der Waals surface area contributed by atoms with Gasteiger partial charge in [-0.15, -0.1) is 0 Å². The van der Waals surface area contributed by atoms with Crippen molar-refractivity contribution >= 4 is 28.6 Å². The predicted molar refractivity (Wildman–Crippen MR) is 135 cm³/mol. The zero-order chi connectivity index (χ0) is 28.6. The van der Waals surface area contributed by atoms with Gasteiger partial charge in [0.2, 0.25) is 0 Å². The monoisotopic (exact) mass is 567 g/mol. The van der Waals surface area contributed by atoms with Crippen molar-refractivity contribution in [3.05, 3.63) is 70.2 Å². The van der Waals surface area contributed by atoms with Crippen molar-refractivity contribution in [3.8, 4) is 0 Å². The predicted octanol–water partition coefficient (Wildman–Crippen LogP) is 6.69. The molecular weight excluding hydrogens is 543 g/mol. The Kier molecular flexibility index (Phi) is 6.08. The zero-order valence-electron chi connectivity index (χ0n) is 21.0. The number of piperazine rings is 1. The number of carbonyl (C=O) groups is 1. The van der Waals surface area contributed by atoms with Gasteiger partial charge in [0.15, 0.2) is 0 Å². The van der Waals surface area contributed by atoms with Crippen LogP contribution in [0.3, 0.4) is 0 Å². The maximum atomic E-state index is 15.8. The van der Waals surface area contributed by atoms with Crippen LogP contribution in [0.25, 0.3) is 5.57 Å². The van der Waals surface area contributed by atoms with Gasteiger partial charge in [-0.1, -0.05) is 11.6 Å². The van der Waals surface area contributed by atoms with Gasteiger partial charge in [0.1, 0.15) is 11.4 Å². The molecule has 6 rings (SSSR count). The first-order valence-corrected chi connectivity index (χ1v) is 12.9. The van der Waals surface area contributed by atoms with Crippen molar-refractivity contribution in [2.24, 2.45) is 0 Å². The average Bonchev–Trinajstić information content (AvgIpc) is 3.80. The summed E-state index contributed by atoms with van der Waals surface area (Å²) in [6, 6.07) is 5.40. The first-order chi connectivity index (χ1) is 18.8. The van der Waals surface area contributed by atoms with Crippen molar-refractivity contribution < 1.29 is 40.6 Å². The minimum Gasteiger partial charge on any atom is -0.478 e. The molecule has 0 unspecified atom stereocenters. The Morgan fingerprint density at radius 2 is 1.52 bits per heavy atom. The van der Waals surface area contributed by atoms with Crippen molar-refractivity contribution in [1.29, 1.82) is 0 Å². The molecule has 1 N–H and O–H groups in total. The van der Waals surface area contributed by atoms with Crippen molar-refractivity contribution in [3.63, 3.8) is 0 Å². The highest BCUT2D eigenvalue weighted by atomic mass is 19.4. The number of rotatable bonds is 4. The number of carboxylic acid groups (broad SMARTS) is 1. The number of hydrogen-bond donors (Lipinski definition) is 1. The van der Waals surface area contributed by atoms with Crippen LogP contribution in [0.2, 0.25) is 0 Å². The third-order valence-electron chi connectivity index (χ3n) is 7.73. The standard InChI is InChI=1S/C28H24F7N3O2/c29-21-13-19-22(15-4-5-15)20(26(39)40)14-38(17-6-7-17)24(19)23(28(33,34)35)25(21)37-10-8-36(9-11-37)18-3-1-2-16(12-18)27(30,31)32/h1-3,12-14,17H,4-11H2,(H,39,40). The molecule has 40 heavy (non-hydrogen) atoms. The number of benzene rings is 2. The fraction of sp³-hybridized carbons (Fsp3) is 0.393. The van der Waals surface area contributed by atoms with Gasteiger partial charge >= 0.3 is 18.3 Å². The van der Waals surface area contributed by atoms with E-state index in [2.05, 4.69) is 0 Å². The number of anilines is 3. The highest BCUT2D eigenvalue weighted by Gasteiger charge is 2.47. The second-order valence-electron chi connectivity index (χ2n) is 10.5. The van der Waals surface area contributed by atoms with Crippen LogP contribution in [-0.2, 0) is 17.1 Å². The molecule has 0 aromatic heterocycles. The minimum absolute atomic E-state index is 0.0530. The van der Waals surface area contributed by atoms with E-state index in [9.17, 15) is 36.2 Å². The summed E-state index contributed by atoms with van der Waals surface area (Å²) in [6.07, 6.45) is -6.02. The van der Waals surface area contributed by atoms with Gasteiger partial charge in [-0.2, -0.15) is 26.3 Å². The molecule has 0 radical (unpaired) electrons. The number of alkyl halides is 6. The number of carboxylic acids is 1. The average molecular weight is 568 g/mol. The largest absolute Gasteiger partial charge is 0.478 e. The van der Waals surface area contributed by atoms with E-state index in [1.807, 2.05) is 0 Å². The topological polar surface area (TPSA) is 47.0 Å². The Labute approximate surface area is 224 Å². The lowest BCUT2D eigenvalue weighted by atomic mass is 9.88. The summed E-state index contributed by atoms with van der Waals surface area (Å²) in [7, 11) is 0. The van der Waals surface area contributed by atoms with E-state index < -0.39 is 41.0 Å². The molecule has 0 bridgehead atoms. The molecule has 2 heterocycles. The molecule has 2 aliphatic carbocycles. The third kappa shape index (κ3) is 4.66. The van der Waals surface area contributed by atoms with Crippen LogP contribution in [0, 0.1) is 5.82 Å². The van der Waals surface area contributed by atoms with E-state index in [1.165, 1.54) is 28.1 Å².